The number of aromatic nitrogens is 4. The molecule has 8 nitrogen and oxygen atoms in total. The van der Waals surface area contributed by atoms with Crippen molar-refractivity contribution in [2.75, 3.05) is 7.05 Å². The molecule has 0 unspecified atom stereocenters. The molecule has 1 saturated carbocycles. The van der Waals surface area contributed by atoms with Gasteiger partial charge in [-0.2, -0.15) is 4.98 Å². The molecule has 8 heteroatoms. The van der Waals surface area contributed by atoms with Crippen molar-refractivity contribution in [3.05, 3.63) is 32.9 Å². The number of hydrogen-bond donors (Lipinski definition) is 2. The number of hydrogen-bond acceptors (Lipinski definition) is 6. The van der Waals surface area contributed by atoms with E-state index < -0.39 is 5.56 Å². The van der Waals surface area contributed by atoms with Crippen LogP contribution in [0.5, 0.6) is 0 Å². The maximum atomic E-state index is 12.0. The summed E-state index contributed by atoms with van der Waals surface area (Å²) in [5.74, 6) is 0.596. The predicted molar refractivity (Wildman–Crippen MR) is 74.9 cm³/mol. The summed E-state index contributed by atoms with van der Waals surface area (Å²) in [4.78, 5) is 30.4. The van der Waals surface area contributed by atoms with Crippen molar-refractivity contribution in [1.29, 1.82) is 0 Å². The standard InChI is InChI=1S/C13H17N5O3/c1-14-6-10-15-11(17-21-10)9-7-18(8-4-2-3-5-8)13(20)16-12(9)19/h7-8,14H,2-6H2,1H3,(H,16,19,20). The van der Waals surface area contributed by atoms with Crippen LogP contribution in [0.25, 0.3) is 11.4 Å². The van der Waals surface area contributed by atoms with Gasteiger partial charge in [-0.05, 0) is 19.9 Å². The van der Waals surface area contributed by atoms with E-state index in [2.05, 4.69) is 20.4 Å². The lowest BCUT2D eigenvalue weighted by atomic mass is 10.2. The van der Waals surface area contributed by atoms with Crippen LogP contribution in [-0.4, -0.2) is 26.7 Å². The van der Waals surface area contributed by atoms with Crippen molar-refractivity contribution in [2.24, 2.45) is 0 Å². The second kappa shape index (κ2) is 5.65. The average Bonchev–Trinajstić information content (AvgIpc) is 3.11. The largest absolute Gasteiger partial charge is 0.338 e. The summed E-state index contributed by atoms with van der Waals surface area (Å²) >= 11 is 0. The molecular weight excluding hydrogens is 274 g/mol. The Balaban J connectivity index is 2.02. The highest BCUT2D eigenvalue weighted by Crippen LogP contribution is 2.28. The zero-order valence-electron chi connectivity index (χ0n) is 11.8. The van der Waals surface area contributed by atoms with Crippen molar-refractivity contribution >= 4 is 0 Å². The topological polar surface area (TPSA) is 106 Å². The summed E-state index contributed by atoms with van der Waals surface area (Å²) in [5, 5.41) is 6.69. The van der Waals surface area contributed by atoms with Gasteiger partial charge in [0.15, 0.2) is 0 Å². The zero-order valence-corrected chi connectivity index (χ0v) is 11.8. The van der Waals surface area contributed by atoms with E-state index in [0.717, 1.165) is 25.7 Å². The molecule has 2 heterocycles. The Hall–Kier alpha value is -2.22. The Morgan fingerprint density at radius 2 is 2.19 bits per heavy atom. The highest BCUT2D eigenvalue weighted by Gasteiger charge is 2.21. The summed E-state index contributed by atoms with van der Waals surface area (Å²) in [6, 6.07) is 0.136. The number of H-pyrrole nitrogens is 1. The number of rotatable bonds is 4. The first-order valence-corrected chi connectivity index (χ1v) is 7.02. The lowest BCUT2D eigenvalue weighted by Crippen LogP contribution is -2.32. The Bertz CT molecular complexity index is 739. The Labute approximate surface area is 120 Å². The third kappa shape index (κ3) is 2.66. The van der Waals surface area contributed by atoms with E-state index in [1.165, 1.54) is 0 Å². The van der Waals surface area contributed by atoms with Gasteiger partial charge in [-0.25, -0.2) is 4.79 Å². The molecule has 0 spiro atoms. The molecule has 1 fully saturated rings. The second-order valence-corrected chi connectivity index (χ2v) is 5.19. The van der Waals surface area contributed by atoms with Crippen LogP contribution in [0.4, 0.5) is 0 Å². The van der Waals surface area contributed by atoms with Gasteiger partial charge >= 0.3 is 5.69 Å². The molecule has 1 aliphatic rings. The molecule has 2 aromatic heterocycles. The van der Waals surface area contributed by atoms with E-state index in [1.807, 2.05) is 0 Å². The van der Waals surface area contributed by atoms with Crippen molar-refractivity contribution in [1.82, 2.24) is 25.0 Å². The SMILES string of the molecule is CNCc1nc(-c2cn(C3CCCC3)c(=O)[nH]c2=O)no1. The van der Waals surface area contributed by atoms with E-state index in [4.69, 9.17) is 4.52 Å². The molecule has 0 amide bonds. The van der Waals surface area contributed by atoms with Gasteiger partial charge in [0.2, 0.25) is 11.7 Å². The van der Waals surface area contributed by atoms with Crippen LogP contribution in [0, 0.1) is 0 Å². The summed E-state index contributed by atoms with van der Waals surface area (Å²) in [6.07, 6.45) is 5.64. The molecular formula is C13H17N5O3. The monoisotopic (exact) mass is 291 g/mol. The molecule has 0 atom stereocenters. The minimum atomic E-state index is -0.494. The Morgan fingerprint density at radius 1 is 1.43 bits per heavy atom. The van der Waals surface area contributed by atoms with Gasteiger partial charge in [0.25, 0.3) is 5.56 Å². The van der Waals surface area contributed by atoms with Gasteiger partial charge in [-0.15, -0.1) is 0 Å². The summed E-state index contributed by atoms with van der Waals surface area (Å²) in [7, 11) is 1.76. The molecule has 112 valence electrons. The normalized spacial score (nSPS) is 15.7. The molecule has 3 rings (SSSR count). The number of nitrogens with zero attached hydrogens (tertiary/aromatic N) is 3. The van der Waals surface area contributed by atoms with Gasteiger partial charge in [0, 0.05) is 12.2 Å². The van der Waals surface area contributed by atoms with Crippen LogP contribution in [-0.2, 0) is 6.54 Å². The fourth-order valence-corrected chi connectivity index (χ4v) is 2.69. The lowest BCUT2D eigenvalue weighted by molar-refractivity contribution is 0.372. The molecule has 2 N–H and O–H groups in total. The summed E-state index contributed by atoms with van der Waals surface area (Å²) in [5.41, 5.74) is -0.617. The van der Waals surface area contributed by atoms with Gasteiger partial charge < -0.3 is 9.84 Å². The van der Waals surface area contributed by atoms with Crippen LogP contribution in [0.1, 0.15) is 37.6 Å². The first-order valence-electron chi connectivity index (χ1n) is 7.02. The molecule has 1 aliphatic carbocycles. The minimum Gasteiger partial charge on any atom is -0.338 e. The van der Waals surface area contributed by atoms with Crippen molar-refractivity contribution in [3.63, 3.8) is 0 Å². The number of nitrogens with one attached hydrogen (secondary N) is 2. The average molecular weight is 291 g/mol. The molecule has 0 radical (unpaired) electrons. The molecule has 21 heavy (non-hydrogen) atoms. The molecule has 0 aliphatic heterocycles. The van der Waals surface area contributed by atoms with Crippen LogP contribution in [0.2, 0.25) is 0 Å². The fourth-order valence-electron chi connectivity index (χ4n) is 2.69. The molecule has 0 bridgehead atoms. The van der Waals surface area contributed by atoms with E-state index in [9.17, 15) is 9.59 Å². The van der Waals surface area contributed by atoms with E-state index in [-0.39, 0.29) is 23.1 Å². The van der Waals surface area contributed by atoms with Crippen molar-refractivity contribution in [2.45, 2.75) is 38.3 Å². The number of aromatic amines is 1. The maximum absolute atomic E-state index is 12.0. The Kier molecular flexibility index (Phi) is 3.70. The van der Waals surface area contributed by atoms with Crippen LogP contribution in [0.15, 0.2) is 20.3 Å². The quantitative estimate of drug-likeness (QED) is 0.845. The highest BCUT2D eigenvalue weighted by atomic mass is 16.5. The second-order valence-electron chi connectivity index (χ2n) is 5.19. The van der Waals surface area contributed by atoms with Gasteiger partial charge in [0.05, 0.1) is 6.54 Å². The van der Waals surface area contributed by atoms with Crippen molar-refractivity contribution in [3.8, 4) is 11.4 Å². The molecule has 0 saturated heterocycles. The fraction of sp³-hybridized carbons (Fsp3) is 0.538. The highest BCUT2D eigenvalue weighted by molar-refractivity contribution is 5.50. The van der Waals surface area contributed by atoms with Crippen LogP contribution in [0.3, 0.4) is 0 Å². The van der Waals surface area contributed by atoms with E-state index >= 15 is 0 Å². The maximum Gasteiger partial charge on any atom is 0.328 e. The van der Waals surface area contributed by atoms with Crippen LogP contribution >= 0.6 is 0 Å². The smallest absolute Gasteiger partial charge is 0.328 e. The van der Waals surface area contributed by atoms with E-state index in [1.54, 1.807) is 17.8 Å². The van der Waals surface area contributed by atoms with Gasteiger partial charge in [-0.3, -0.25) is 14.3 Å². The molecule has 0 aromatic carbocycles. The first kappa shape index (κ1) is 13.7. The van der Waals surface area contributed by atoms with E-state index in [0.29, 0.717) is 12.4 Å². The van der Waals surface area contributed by atoms with Crippen LogP contribution < -0.4 is 16.6 Å². The zero-order chi connectivity index (χ0) is 14.8. The van der Waals surface area contributed by atoms with Crippen molar-refractivity contribution < 1.29 is 4.52 Å². The lowest BCUT2D eigenvalue weighted by Gasteiger charge is -2.12. The van der Waals surface area contributed by atoms with Gasteiger partial charge in [0.1, 0.15) is 5.56 Å². The minimum absolute atomic E-state index is 0.136. The third-order valence-corrected chi connectivity index (χ3v) is 3.72. The summed E-state index contributed by atoms with van der Waals surface area (Å²) in [6.45, 7) is 0.424. The Morgan fingerprint density at radius 3 is 2.90 bits per heavy atom. The first-order chi connectivity index (χ1) is 10.2. The predicted octanol–water partition coefficient (Wildman–Crippen LogP) is 0.421. The van der Waals surface area contributed by atoms with Gasteiger partial charge in [-0.1, -0.05) is 18.0 Å². The third-order valence-electron chi connectivity index (χ3n) is 3.72. The molecule has 2 aromatic rings. The summed E-state index contributed by atoms with van der Waals surface area (Å²) < 4.78 is 6.63.